The quantitative estimate of drug-likeness (QED) is 0.871. The van der Waals surface area contributed by atoms with Gasteiger partial charge in [-0.25, -0.2) is 4.39 Å². The first-order valence-electron chi connectivity index (χ1n) is 5.06. The summed E-state index contributed by atoms with van der Waals surface area (Å²) in [5.41, 5.74) is 1.08. The van der Waals surface area contributed by atoms with Crippen molar-refractivity contribution in [1.29, 1.82) is 0 Å². The van der Waals surface area contributed by atoms with Gasteiger partial charge in [0.1, 0.15) is 5.82 Å². The summed E-state index contributed by atoms with van der Waals surface area (Å²) in [6.45, 7) is 0.296. The summed E-state index contributed by atoms with van der Waals surface area (Å²) in [6.07, 6.45) is 1.56. The lowest BCUT2D eigenvalue weighted by atomic mass is 10.2. The standard InChI is InChI=1S/C12H10FN3O/c13-10-5-3-9(4-6-10)12(17)14-8-11-2-1-7-15-16-11/h1-7H,8H2,(H,14,17). The van der Waals surface area contributed by atoms with Gasteiger partial charge in [-0.2, -0.15) is 10.2 Å². The molecule has 0 radical (unpaired) electrons. The van der Waals surface area contributed by atoms with Crippen LogP contribution in [0.2, 0.25) is 0 Å². The molecule has 0 aliphatic rings. The van der Waals surface area contributed by atoms with Crippen LogP contribution in [0.15, 0.2) is 42.6 Å². The van der Waals surface area contributed by atoms with Crippen LogP contribution in [0.5, 0.6) is 0 Å². The van der Waals surface area contributed by atoms with Crippen LogP contribution in [0.4, 0.5) is 4.39 Å². The lowest BCUT2D eigenvalue weighted by Gasteiger charge is -2.03. The second kappa shape index (κ2) is 5.16. The van der Waals surface area contributed by atoms with Gasteiger partial charge in [-0.15, -0.1) is 0 Å². The van der Waals surface area contributed by atoms with Crippen LogP contribution in [-0.4, -0.2) is 16.1 Å². The maximum atomic E-state index is 12.7. The van der Waals surface area contributed by atoms with Crippen LogP contribution in [0.25, 0.3) is 0 Å². The van der Waals surface area contributed by atoms with Gasteiger partial charge in [0.2, 0.25) is 0 Å². The van der Waals surface area contributed by atoms with Gasteiger partial charge in [-0.05, 0) is 36.4 Å². The average Bonchev–Trinajstić information content (AvgIpc) is 2.38. The zero-order valence-electron chi connectivity index (χ0n) is 8.93. The van der Waals surface area contributed by atoms with E-state index in [1.54, 1.807) is 18.3 Å². The molecule has 5 heteroatoms. The Kier molecular flexibility index (Phi) is 3.40. The molecule has 1 aromatic carbocycles. The highest BCUT2D eigenvalue weighted by molar-refractivity contribution is 5.94. The molecular weight excluding hydrogens is 221 g/mol. The third-order valence-electron chi connectivity index (χ3n) is 2.16. The van der Waals surface area contributed by atoms with E-state index in [1.807, 2.05) is 0 Å². The van der Waals surface area contributed by atoms with Crippen molar-refractivity contribution < 1.29 is 9.18 Å². The van der Waals surface area contributed by atoms with Gasteiger partial charge in [0.25, 0.3) is 5.91 Å². The number of nitrogens with one attached hydrogen (secondary N) is 1. The molecule has 0 spiro atoms. The predicted octanol–water partition coefficient (Wildman–Crippen LogP) is 1.55. The molecule has 4 nitrogen and oxygen atoms in total. The Labute approximate surface area is 97.5 Å². The molecule has 0 aliphatic heterocycles. The molecule has 1 amide bonds. The van der Waals surface area contributed by atoms with E-state index < -0.39 is 0 Å². The molecule has 0 unspecified atom stereocenters. The number of hydrogen-bond acceptors (Lipinski definition) is 3. The minimum atomic E-state index is -0.365. The predicted molar refractivity (Wildman–Crippen MR) is 59.6 cm³/mol. The van der Waals surface area contributed by atoms with E-state index in [-0.39, 0.29) is 11.7 Å². The van der Waals surface area contributed by atoms with E-state index in [0.29, 0.717) is 17.8 Å². The van der Waals surface area contributed by atoms with Crippen molar-refractivity contribution in [1.82, 2.24) is 15.5 Å². The minimum absolute atomic E-state index is 0.268. The van der Waals surface area contributed by atoms with Gasteiger partial charge in [-0.1, -0.05) is 0 Å². The zero-order valence-corrected chi connectivity index (χ0v) is 8.93. The van der Waals surface area contributed by atoms with Gasteiger partial charge >= 0.3 is 0 Å². The monoisotopic (exact) mass is 231 g/mol. The Morgan fingerprint density at radius 2 is 2.00 bits per heavy atom. The molecule has 2 rings (SSSR count). The van der Waals surface area contributed by atoms with E-state index in [9.17, 15) is 9.18 Å². The van der Waals surface area contributed by atoms with Crippen molar-refractivity contribution in [3.8, 4) is 0 Å². The van der Waals surface area contributed by atoms with Crippen LogP contribution in [0.3, 0.4) is 0 Å². The molecule has 17 heavy (non-hydrogen) atoms. The van der Waals surface area contributed by atoms with Gasteiger partial charge in [0, 0.05) is 11.8 Å². The number of halogens is 1. The maximum Gasteiger partial charge on any atom is 0.251 e. The molecule has 0 bridgehead atoms. The van der Waals surface area contributed by atoms with Gasteiger partial charge in [-0.3, -0.25) is 4.79 Å². The fourth-order valence-electron chi connectivity index (χ4n) is 1.30. The molecule has 0 aliphatic carbocycles. The fraction of sp³-hybridized carbons (Fsp3) is 0.0833. The first-order chi connectivity index (χ1) is 8.25. The zero-order chi connectivity index (χ0) is 12.1. The SMILES string of the molecule is O=C(NCc1cccnn1)c1ccc(F)cc1. The number of carbonyl (C=O) groups is 1. The molecular formula is C12H10FN3O. The number of rotatable bonds is 3. The summed E-state index contributed by atoms with van der Waals surface area (Å²) in [6, 6.07) is 8.86. The summed E-state index contributed by atoms with van der Waals surface area (Å²) >= 11 is 0. The Hall–Kier alpha value is -2.30. The fourth-order valence-corrected chi connectivity index (χ4v) is 1.30. The third-order valence-corrected chi connectivity index (χ3v) is 2.16. The number of amides is 1. The largest absolute Gasteiger partial charge is 0.346 e. The highest BCUT2D eigenvalue weighted by atomic mass is 19.1. The number of carbonyl (C=O) groups excluding carboxylic acids is 1. The number of hydrogen-bond donors (Lipinski definition) is 1. The summed E-state index contributed by atoms with van der Waals surface area (Å²) in [7, 11) is 0. The second-order valence-corrected chi connectivity index (χ2v) is 3.40. The van der Waals surface area contributed by atoms with Crippen LogP contribution < -0.4 is 5.32 Å². The topological polar surface area (TPSA) is 54.9 Å². The van der Waals surface area contributed by atoms with Gasteiger partial charge in [0.05, 0.1) is 12.2 Å². The molecule has 1 N–H and O–H groups in total. The molecule has 1 heterocycles. The smallest absolute Gasteiger partial charge is 0.251 e. The van der Waals surface area contributed by atoms with Crippen molar-refractivity contribution in [2.45, 2.75) is 6.54 Å². The number of benzene rings is 1. The molecule has 86 valence electrons. The van der Waals surface area contributed by atoms with E-state index in [1.165, 1.54) is 24.3 Å². The molecule has 0 saturated heterocycles. The molecule has 0 fully saturated rings. The lowest BCUT2D eigenvalue weighted by molar-refractivity contribution is 0.0950. The van der Waals surface area contributed by atoms with E-state index in [0.717, 1.165) is 0 Å². The summed E-state index contributed by atoms with van der Waals surface area (Å²) in [4.78, 5) is 11.6. The maximum absolute atomic E-state index is 12.7. The Bertz CT molecular complexity index is 499. The highest BCUT2D eigenvalue weighted by Gasteiger charge is 2.05. The summed E-state index contributed by atoms with van der Waals surface area (Å²) in [5.74, 6) is -0.633. The second-order valence-electron chi connectivity index (χ2n) is 3.40. The minimum Gasteiger partial charge on any atom is -0.346 e. The van der Waals surface area contributed by atoms with Crippen LogP contribution in [0, 0.1) is 5.82 Å². The highest BCUT2D eigenvalue weighted by Crippen LogP contribution is 2.02. The molecule has 2 aromatic rings. The van der Waals surface area contributed by atoms with E-state index in [4.69, 9.17) is 0 Å². The average molecular weight is 231 g/mol. The Balaban J connectivity index is 1.96. The van der Waals surface area contributed by atoms with Crippen molar-refractivity contribution in [2.24, 2.45) is 0 Å². The van der Waals surface area contributed by atoms with Crippen LogP contribution >= 0.6 is 0 Å². The van der Waals surface area contributed by atoms with Crippen LogP contribution in [-0.2, 0) is 6.54 Å². The third kappa shape index (κ3) is 3.07. The molecule has 1 aromatic heterocycles. The van der Waals surface area contributed by atoms with Gasteiger partial charge in [0.15, 0.2) is 0 Å². The van der Waals surface area contributed by atoms with Crippen LogP contribution in [0.1, 0.15) is 16.1 Å². The summed E-state index contributed by atoms with van der Waals surface area (Å²) < 4.78 is 12.7. The lowest BCUT2D eigenvalue weighted by Crippen LogP contribution is -2.23. The summed E-state index contributed by atoms with van der Waals surface area (Å²) in [5, 5.41) is 10.2. The van der Waals surface area contributed by atoms with Crippen molar-refractivity contribution in [3.05, 3.63) is 59.7 Å². The first kappa shape index (κ1) is 11.2. The Morgan fingerprint density at radius 1 is 1.24 bits per heavy atom. The molecule has 0 atom stereocenters. The number of nitrogens with zero attached hydrogens (tertiary/aromatic N) is 2. The van der Waals surface area contributed by atoms with Crippen molar-refractivity contribution in [2.75, 3.05) is 0 Å². The van der Waals surface area contributed by atoms with E-state index in [2.05, 4.69) is 15.5 Å². The van der Waals surface area contributed by atoms with Crippen molar-refractivity contribution in [3.63, 3.8) is 0 Å². The van der Waals surface area contributed by atoms with Crippen molar-refractivity contribution >= 4 is 5.91 Å². The number of aromatic nitrogens is 2. The van der Waals surface area contributed by atoms with E-state index >= 15 is 0 Å². The normalized spacial score (nSPS) is 9.94. The molecule has 0 saturated carbocycles. The first-order valence-corrected chi connectivity index (χ1v) is 5.06. The Morgan fingerprint density at radius 3 is 2.65 bits per heavy atom. The van der Waals surface area contributed by atoms with Gasteiger partial charge < -0.3 is 5.32 Å².